The molecule has 0 radical (unpaired) electrons. The summed E-state index contributed by atoms with van der Waals surface area (Å²) in [6.07, 6.45) is 3.79. The first kappa shape index (κ1) is 25.1. The van der Waals surface area contributed by atoms with E-state index in [4.69, 9.17) is 5.73 Å². The molecule has 7 nitrogen and oxygen atoms in total. The van der Waals surface area contributed by atoms with Gasteiger partial charge < -0.3 is 16.2 Å². The van der Waals surface area contributed by atoms with E-state index < -0.39 is 12.0 Å². The highest BCUT2D eigenvalue weighted by Gasteiger charge is 2.22. The molecule has 0 saturated carbocycles. The Bertz CT molecular complexity index is 1460. The van der Waals surface area contributed by atoms with Crippen LogP contribution in [0.4, 0.5) is 5.82 Å². The number of fused-ring (bicyclic) bond motifs is 3. The molecule has 2 aromatic carbocycles. The zero-order chi connectivity index (χ0) is 26.0. The number of carbonyl (C=O) groups excluding carboxylic acids is 1. The number of nitrogens with one attached hydrogen (secondary N) is 1. The summed E-state index contributed by atoms with van der Waals surface area (Å²) >= 11 is 0. The minimum absolute atomic E-state index is 0.162. The quantitative estimate of drug-likeness (QED) is 0.303. The number of aromatic nitrogens is 2. The van der Waals surface area contributed by atoms with E-state index in [0.29, 0.717) is 23.3 Å². The normalized spacial score (nSPS) is 12.2. The molecule has 1 amide bonds. The van der Waals surface area contributed by atoms with E-state index in [0.717, 1.165) is 51.4 Å². The fourth-order valence-electron chi connectivity index (χ4n) is 4.53. The van der Waals surface area contributed by atoms with Crippen molar-refractivity contribution in [3.8, 4) is 0 Å². The van der Waals surface area contributed by atoms with Crippen LogP contribution in [0.15, 0.2) is 48.7 Å². The molecule has 2 aromatic heterocycles. The largest absolute Gasteiger partial charge is 0.480 e. The Morgan fingerprint density at radius 1 is 1.03 bits per heavy atom. The van der Waals surface area contributed by atoms with E-state index in [1.807, 2.05) is 52.1 Å². The van der Waals surface area contributed by atoms with Crippen LogP contribution in [0.2, 0.25) is 0 Å². The number of aliphatic carboxylic acids is 1. The van der Waals surface area contributed by atoms with Crippen molar-refractivity contribution in [3.63, 3.8) is 0 Å². The van der Waals surface area contributed by atoms with Gasteiger partial charge in [0.25, 0.3) is 5.91 Å². The average molecular weight is 485 g/mol. The molecule has 186 valence electrons. The van der Waals surface area contributed by atoms with Gasteiger partial charge in [-0.05, 0) is 85.5 Å². The zero-order valence-electron chi connectivity index (χ0n) is 21.1. The van der Waals surface area contributed by atoms with Crippen LogP contribution in [-0.2, 0) is 17.6 Å². The number of carboxylic acids is 1. The third-order valence-electron chi connectivity index (χ3n) is 6.47. The Hall–Kier alpha value is -4.00. The molecule has 0 aliphatic heterocycles. The molecule has 1 atom stereocenters. The lowest BCUT2D eigenvalue weighted by molar-refractivity contribution is -0.139. The fourth-order valence-corrected chi connectivity index (χ4v) is 4.53. The van der Waals surface area contributed by atoms with Crippen LogP contribution in [0.3, 0.4) is 0 Å². The van der Waals surface area contributed by atoms with Crippen LogP contribution in [0.1, 0.15) is 52.9 Å². The van der Waals surface area contributed by atoms with Crippen molar-refractivity contribution in [2.45, 2.75) is 53.0 Å². The molecular formula is C29H32N4O3. The molecule has 4 aromatic rings. The molecule has 4 rings (SSSR count). The van der Waals surface area contributed by atoms with Gasteiger partial charge in [0.1, 0.15) is 11.6 Å². The highest BCUT2D eigenvalue weighted by Crippen LogP contribution is 2.28. The van der Waals surface area contributed by atoms with Gasteiger partial charge in [-0.1, -0.05) is 32.0 Å². The number of benzene rings is 2. The lowest BCUT2D eigenvalue weighted by atomic mass is 9.97. The molecule has 0 spiro atoms. The number of aryl methyl sites for hydroxylation is 4. The second-order valence-corrected chi connectivity index (χ2v) is 9.89. The van der Waals surface area contributed by atoms with Gasteiger partial charge in [0.2, 0.25) is 0 Å². The molecule has 0 saturated heterocycles. The molecule has 7 heteroatoms. The lowest BCUT2D eigenvalue weighted by Gasteiger charge is -2.17. The van der Waals surface area contributed by atoms with Crippen molar-refractivity contribution in [2.75, 3.05) is 5.73 Å². The van der Waals surface area contributed by atoms with Crippen LogP contribution in [-0.4, -0.2) is 33.0 Å². The van der Waals surface area contributed by atoms with E-state index in [9.17, 15) is 14.7 Å². The maximum atomic E-state index is 12.7. The van der Waals surface area contributed by atoms with Gasteiger partial charge in [-0.25, -0.2) is 9.78 Å². The Balaban J connectivity index is 1.51. The van der Waals surface area contributed by atoms with Crippen LogP contribution in [0, 0.1) is 19.8 Å². The summed E-state index contributed by atoms with van der Waals surface area (Å²) in [6.45, 7) is 7.86. The number of nitrogens with two attached hydrogens (primary N) is 1. The van der Waals surface area contributed by atoms with Crippen molar-refractivity contribution in [3.05, 3.63) is 76.5 Å². The van der Waals surface area contributed by atoms with E-state index in [1.165, 1.54) is 0 Å². The number of pyridine rings is 2. The third-order valence-corrected chi connectivity index (χ3v) is 6.47. The molecule has 0 aliphatic rings. The predicted octanol–water partition coefficient (Wildman–Crippen LogP) is 5.00. The van der Waals surface area contributed by atoms with E-state index >= 15 is 0 Å². The van der Waals surface area contributed by atoms with Crippen LogP contribution < -0.4 is 11.1 Å². The second-order valence-electron chi connectivity index (χ2n) is 9.89. The monoisotopic (exact) mass is 484 g/mol. The number of nitrogens with zero attached hydrogens (tertiary/aromatic N) is 2. The molecule has 0 bridgehead atoms. The number of carbonyl (C=O) groups is 2. The molecule has 0 fully saturated rings. The highest BCUT2D eigenvalue weighted by atomic mass is 16.4. The smallest absolute Gasteiger partial charge is 0.326 e. The van der Waals surface area contributed by atoms with Crippen molar-refractivity contribution in [2.24, 2.45) is 5.92 Å². The van der Waals surface area contributed by atoms with Crippen molar-refractivity contribution < 1.29 is 14.7 Å². The van der Waals surface area contributed by atoms with Gasteiger partial charge in [-0.3, -0.25) is 9.78 Å². The summed E-state index contributed by atoms with van der Waals surface area (Å²) in [5.41, 5.74) is 12.5. The van der Waals surface area contributed by atoms with E-state index in [1.54, 1.807) is 6.07 Å². The van der Waals surface area contributed by atoms with Gasteiger partial charge in [-0.2, -0.15) is 0 Å². The number of hydrogen-bond acceptors (Lipinski definition) is 5. The van der Waals surface area contributed by atoms with Crippen molar-refractivity contribution >= 4 is 39.5 Å². The van der Waals surface area contributed by atoms with Crippen LogP contribution >= 0.6 is 0 Å². The first-order chi connectivity index (χ1) is 17.1. The minimum Gasteiger partial charge on any atom is -0.480 e. The van der Waals surface area contributed by atoms with Crippen molar-refractivity contribution in [1.82, 2.24) is 15.3 Å². The lowest BCUT2D eigenvalue weighted by Crippen LogP contribution is -2.41. The fraction of sp³-hybridized carbons (Fsp3) is 0.310. The summed E-state index contributed by atoms with van der Waals surface area (Å²) in [6, 6.07) is 12.9. The van der Waals surface area contributed by atoms with Gasteiger partial charge >= 0.3 is 5.97 Å². The summed E-state index contributed by atoms with van der Waals surface area (Å²) in [7, 11) is 0. The Kier molecular flexibility index (Phi) is 7.20. The predicted molar refractivity (Wildman–Crippen MR) is 143 cm³/mol. The van der Waals surface area contributed by atoms with Gasteiger partial charge in [-0.15, -0.1) is 0 Å². The van der Waals surface area contributed by atoms with Gasteiger partial charge in [0.05, 0.1) is 5.52 Å². The molecular weight excluding hydrogens is 452 g/mol. The van der Waals surface area contributed by atoms with Crippen LogP contribution in [0.25, 0.3) is 21.8 Å². The number of rotatable bonds is 8. The van der Waals surface area contributed by atoms with Crippen molar-refractivity contribution in [1.29, 1.82) is 0 Å². The Labute approximate surface area is 210 Å². The standard InChI is InChI=1S/C29H32N4O3/c1-16(2)11-25(29(35)36)33-28(34)21-9-8-20(18(4)13-21)7-6-19-14-23-22-10-5-17(3)12-24(22)32-27(30)26(23)31-15-19/h5,8-10,12-16,25H,6-7,11H2,1-4H3,(H2,30,32)(H,33,34)(H,35,36). The zero-order valence-corrected chi connectivity index (χ0v) is 21.1. The first-order valence-corrected chi connectivity index (χ1v) is 12.2. The summed E-state index contributed by atoms with van der Waals surface area (Å²) in [4.78, 5) is 33.3. The topological polar surface area (TPSA) is 118 Å². The minimum atomic E-state index is -1.02. The second kappa shape index (κ2) is 10.3. The molecule has 2 heterocycles. The number of anilines is 1. The number of nitrogen functional groups attached to an aromatic ring is 1. The molecule has 4 N–H and O–H groups in total. The summed E-state index contributed by atoms with van der Waals surface area (Å²) < 4.78 is 0. The Morgan fingerprint density at radius 2 is 1.81 bits per heavy atom. The maximum Gasteiger partial charge on any atom is 0.326 e. The van der Waals surface area contributed by atoms with E-state index in [-0.39, 0.29) is 11.8 Å². The number of amides is 1. The summed E-state index contributed by atoms with van der Waals surface area (Å²) in [5, 5.41) is 14.1. The molecule has 0 aliphatic carbocycles. The van der Waals surface area contributed by atoms with E-state index in [2.05, 4.69) is 33.5 Å². The Morgan fingerprint density at radius 3 is 2.50 bits per heavy atom. The number of hydrogen-bond donors (Lipinski definition) is 3. The van der Waals surface area contributed by atoms with Gasteiger partial charge in [0, 0.05) is 22.5 Å². The molecule has 1 unspecified atom stereocenters. The van der Waals surface area contributed by atoms with Crippen LogP contribution in [0.5, 0.6) is 0 Å². The number of carboxylic acid groups (broad SMARTS) is 1. The SMILES string of the molecule is Cc1ccc2c(c1)nc(N)c1ncc(CCc3ccc(C(=O)NC(CC(C)C)C(=O)O)cc3C)cc12. The average Bonchev–Trinajstić information content (AvgIpc) is 2.82. The maximum absolute atomic E-state index is 12.7. The molecule has 36 heavy (non-hydrogen) atoms. The first-order valence-electron chi connectivity index (χ1n) is 12.2. The third kappa shape index (κ3) is 5.46. The summed E-state index contributed by atoms with van der Waals surface area (Å²) in [5.74, 6) is -0.799. The highest BCUT2D eigenvalue weighted by molar-refractivity contribution is 6.08. The van der Waals surface area contributed by atoms with Gasteiger partial charge in [0.15, 0.2) is 5.82 Å².